The quantitative estimate of drug-likeness (QED) is 0.615. The highest BCUT2D eigenvalue weighted by atomic mass is 19.4. The predicted octanol–water partition coefficient (Wildman–Crippen LogP) is 2.61. The third-order valence-corrected chi connectivity index (χ3v) is 4.16. The number of ether oxygens (including phenoxy) is 2. The fraction of sp³-hybridized carbons (Fsp3) is 0.571. The van der Waals surface area contributed by atoms with Crippen LogP contribution in [0.25, 0.3) is 0 Å². The standard InChI is InChI=1S/C14H15F3N2O4/c15-14(16,17)11-7-10(1-2-12(11)19(20)21)18-4-6-23-13(8-18)3-5-22-9-13/h1-2,7H,3-6,8-9H2. The lowest BCUT2D eigenvalue weighted by molar-refractivity contribution is -0.388. The average Bonchev–Trinajstić information content (AvgIpc) is 2.93. The van der Waals surface area contributed by atoms with E-state index in [4.69, 9.17) is 9.47 Å². The van der Waals surface area contributed by atoms with Gasteiger partial charge in [-0.1, -0.05) is 0 Å². The number of hydrogen-bond acceptors (Lipinski definition) is 5. The first-order chi connectivity index (χ1) is 10.8. The van der Waals surface area contributed by atoms with Crippen LogP contribution in [0.5, 0.6) is 0 Å². The summed E-state index contributed by atoms with van der Waals surface area (Å²) >= 11 is 0. The highest BCUT2D eigenvalue weighted by molar-refractivity contribution is 5.57. The zero-order valence-electron chi connectivity index (χ0n) is 12.1. The molecule has 0 saturated carbocycles. The van der Waals surface area contributed by atoms with Gasteiger partial charge < -0.3 is 14.4 Å². The summed E-state index contributed by atoms with van der Waals surface area (Å²) in [4.78, 5) is 11.6. The van der Waals surface area contributed by atoms with Crippen LogP contribution in [0.4, 0.5) is 24.5 Å². The van der Waals surface area contributed by atoms with Crippen molar-refractivity contribution < 1.29 is 27.6 Å². The number of rotatable bonds is 2. The maximum atomic E-state index is 13.1. The average molecular weight is 332 g/mol. The molecule has 2 fully saturated rings. The van der Waals surface area contributed by atoms with Crippen molar-refractivity contribution >= 4 is 11.4 Å². The van der Waals surface area contributed by atoms with Crippen LogP contribution in [0, 0.1) is 10.1 Å². The lowest BCUT2D eigenvalue weighted by atomic mass is 10.00. The summed E-state index contributed by atoms with van der Waals surface area (Å²) in [5.41, 5.74) is -2.37. The molecule has 2 saturated heterocycles. The molecule has 0 bridgehead atoms. The normalized spacial score (nSPS) is 25.1. The van der Waals surface area contributed by atoms with E-state index < -0.39 is 28.0 Å². The van der Waals surface area contributed by atoms with Crippen LogP contribution < -0.4 is 4.90 Å². The molecule has 0 aromatic heterocycles. The number of nitrogens with zero attached hydrogens (tertiary/aromatic N) is 2. The molecule has 0 aliphatic carbocycles. The Kier molecular flexibility index (Phi) is 3.93. The lowest BCUT2D eigenvalue weighted by Crippen LogP contribution is -2.52. The van der Waals surface area contributed by atoms with Crippen molar-refractivity contribution in [2.45, 2.75) is 18.2 Å². The summed E-state index contributed by atoms with van der Waals surface area (Å²) in [7, 11) is 0. The Morgan fingerprint density at radius 1 is 1.30 bits per heavy atom. The molecule has 23 heavy (non-hydrogen) atoms. The van der Waals surface area contributed by atoms with Crippen molar-refractivity contribution in [1.82, 2.24) is 0 Å². The van der Waals surface area contributed by atoms with Crippen LogP contribution in [-0.2, 0) is 15.7 Å². The molecule has 0 N–H and O–H groups in total. The van der Waals surface area contributed by atoms with Crippen LogP contribution in [-0.4, -0.2) is 43.4 Å². The van der Waals surface area contributed by atoms with Gasteiger partial charge in [0.05, 0.1) is 18.1 Å². The number of anilines is 1. The van der Waals surface area contributed by atoms with Crippen molar-refractivity contribution in [3.8, 4) is 0 Å². The smallest absolute Gasteiger partial charge is 0.378 e. The summed E-state index contributed by atoms with van der Waals surface area (Å²) < 4.78 is 50.3. The van der Waals surface area contributed by atoms with Gasteiger partial charge in [-0.3, -0.25) is 10.1 Å². The van der Waals surface area contributed by atoms with Gasteiger partial charge in [0.1, 0.15) is 11.2 Å². The molecule has 1 unspecified atom stereocenters. The van der Waals surface area contributed by atoms with Gasteiger partial charge in [0.15, 0.2) is 0 Å². The van der Waals surface area contributed by atoms with Gasteiger partial charge in [-0.05, 0) is 12.1 Å². The molecule has 3 rings (SSSR count). The second kappa shape index (κ2) is 5.64. The van der Waals surface area contributed by atoms with Crippen LogP contribution in [0.2, 0.25) is 0 Å². The molecule has 9 heteroatoms. The van der Waals surface area contributed by atoms with Gasteiger partial charge in [0.2, 0.25) is 0 Å². The first-order valence-corrected chi connectivity index (χ1v) is 7.13. The van der Waals surface area contributed by atoms with Gasteiger partial charge in [0, 0.05) is 37.9 Å². The topological polar surface area (TPSA) is 64.8 Å². The number of hydrogen-bond donors (Lipinski definition) is 0. The van der Waals surface area contributed by atoms with Gasteiger partial charge in [-0.2, -0.15) is 13.2 Å². The molecule has 0 radical (unpaired) electrons. The van der Waals surface area contributed by atoms with E-state index in [0.29, 0.717) is 45.0 Å². The van der Waals surface area contributed by atoms with Gasteiger partial charge in [-0.15, -0.1) is 0 Å². The molecule has 2 aliphatic heterocycles. The lowest BCUT2D eigenvalue weighted by Gasteiger charge is -2.40. The van der Waals surface area contributed by atoms with Crippen LogP contribution in [0.1, 0.15) is 12.0 Å². The first kappa shape index (κ1) is 16.0. The second-order valence-corrected chi connectivity index (χ2v) is 5.71. The Labute approximate surface area is 129 Å². The molecule has 1 aromatic rings. The third-order valence-electron chi connectivity index (χ3n) is 4.16. The van der Waals surface area contributed by atoms with Crippen molar-refractivity contribution in [1.29, 1.82) is 0 Å². The summed E-state index contributed by atoms with van der Waals surface area (Å²) in [6, 6.07) is 3.10. The van der Waals surface area contributed by atoms with Gasteiger partial charge >= 0.3 is 6.18 Å². The number of nitro groups is 1. The molecule has 126 valence electrons. The molecule has 1 spiro atoms. The van der Waals surface area contributed by atoms with E-state index in [1.54, 1.807) is 4.90 Å². The minimum atomic E-state index is -4.78. The molecule has 1 aromatic carbocycles. The predicted molar refractivity (Wildman–Crippen MR) is 74.4 cm³/mol. The highest BCUT2D eigenvalue weighted by Gasteiger charge is 2.42. The number of benzene rings is 1. The van der Waals surface area contributed by atoms with Gasteiger partial charge in [0.25, 0.3) is 5.69 Å². The summed E-state index contributed by atoms with van der Waals surface area (Å²) in [6.45, 7) is 2.17. The highest BCUT2D eigenvalue weighted by Crippen LogP contribution is 2.39. The second-order valence-electron chi connectivity index (χ2n) is 5.71. The van der Waals surface area contributed by atoms with Crippen LogP contribution >= 0.6 is 0 Å². The Morgan fingerprint density at radius 3 is 2.70 bits per heavy atom. The van der Waals surface area contributed by atoms with Crippen molar-refractivity contribution in [2.75, 3.05) is 37.8 Å². The molecule has 2 heterocycles. The van der Waals surface area contributed by atoms with E-state index in [9.17, 15) is 23.3 Å². The Morgan fingerprint density at radius 2 is 2.09 bits per heavy atom. The molecule has 2 aliphatic rings. The van der Waals surface area contributed by atoms with Crippen molar-refractivity contribution in [3.63, 3.8) is 0 Å². The zero-order chi connectivity index (χ0) is 16.7. The summed E-state index contributed by atoms with van der Waals surface area (Å²) in [6.07, 6.45) is -4.10. The summed E-state index contributed by atoms with van der Waals surface area (Å²) in [5.74, 6) is 0. The molecule has 0 amide bonds. The Balaban J connectivity index is 1.92. The minimum Gasteiger partial charge on any atom is -0.378 e. The third kappa shape index (κ3) is 3.11. The van der Waals surface area contributed by atoms with Crippen molar-refractivity contribution in [2.24, 2.45) is 0 Å². The van der Waals surface area contributed by atoms with Gasteiger partial charge in [-0.25, -0.2) is 0 Å². The Bertz CT molecular complexity index is 615. The van der Waals surface area contributed by atoms with Crippen LogP contribution in [0.15, 0.2) is 18.2 Å². The van der Waals surface area contributed by atoms with E-state index in [0.717, 1.165) is 12.1 Å². The number of halogens is 3. The van der Waals surface area contributed by atoms with E-state index >= 15 is 0 Å². The van der Waals surface area contributed by atoms with E-state index in [2.05, 4.69) is 0 Å². The summed E-state index contributed by atoms with van der Waals surface area (Å²) in [5, 5.41) is 10.8. The minimum absolute atomic E-state index is 0.303. The van der Waals surface area contributed by atoms with Crippen LogP contribution in [0.3, 0.4) is 0 Å². The van der Waals surface area contributed by atoms with E-state index in [-0.39, 0.29) is 0 Å². The fourth-order valence-corrected chi connectivity index (χ4v) is 3.00. The zero-order valence-corrected chi connectivity index (χ0v) is 12.1. The number of nitro benzene ring substituents is 1. The van der Waals surface area contributed by atoms with E-state index in [1.807, 2.05) is 0 Å². The monoisotopic (exact) mass is 332 g/mol. The molecule has 1 atom stereocenters. The maximum Gasteiger partial charge on any atom is 0.423 e. The number of morpholine rings is 1. The first-order valence-electron chi connectivity index (χ1n) is 7.13. The molecular formula is C14H15F3N2O4. The molecular weight excluding hydrogens is 317 g/mol. The van der Waals surface area contributed by atoms with Crippen molar-refractivity contribution in [3.05, 3.63) is 33.9 Å². The fourth-order valence-electron chi connectivity index (χ4n) is 3.00. The van der Waals surface area contributed by atoms with E-state index in [1.165, 1.54) is 6.07 Å². The SMILES string of the molecule is O=[N+]([O-])c1ccc(N2CCOC3(CCOC3)C2)cc1C(F)(F)F. The molecule has 6 nitrogen and oxygen atoms in total. The Hall–Kier alpha value is -1.87. The number of alkyl halides is 3. The maximum absolute atomic E-state index is 13.1. The largest absolute Gasteiger partial charge is 0.423 e.